The molecule has 1 atom stereocenters. The molecule has 1 aromatic rings. The van der Waals surface area contributed by atoms with Crippen LogP contribution >= 0.6 is 0 Å². The van der Waals surface area contributed by atoms with Crippen LogP contribution in [0.15, 0.2) is 6.20 Å². The minimum atomic E-state index is 0.692. The predicted octanol–water partition coefficient (Wildman–Crippen LogP) is 2.15. The van der Waals surface area contributed by atoms with Crippen LogP contribution in [-0.4, -0.2) is 22.9 Å². The maximum Gasteiger partial charge on any atom is 0.0527 e. The van der Waals surface area contributed by atoms with E-state index < -0.39 is 0 Å². The fourth-order valence-electron chi connectivity index (χ4n) is 3.08. The summed E-state index contributed by atoms with van der Waals surface area (Å²) in [5.41, 5.74) is 3.05. The van der Waals surface area contributed by atoms with Crippen LogP contribution in [0.3, 0.4) is 0 Å². The highest BCUT2D eigenvalue weighted by atomic mass is 15.3. The smallest absolute Gasteiger partial charge is 0.0527 e. The molecule has 3 rings (SSSR count). The predicted molar refractivity (Wildman–Crippen MR) is 64.6 cm³/mol. The second-order valence-corrected chi connectivity index (χ2v) is 5.28. The van der Waals surface area contributed by atoms with Crippen LogP contribution in [0.25, 0.3) is 0 Å². The topological polar surface area (TPSA) is 29.9 Å². The number of aryl methyl sites for hydroxylation is 1. The molecule has 2 aliphatic rings. The van der Waals surface area contributed by atoms with Crippen molar-refractivity contribution in [3.63, 3.8) is 0 Å². The van der Waals surface area contributed by atoms with Crippen molar-refractivity contribution in [3.8, 4) is 0 Å². The number of hydrogen-bond acceptors (Lipinski definition) is 2. The van der Waals surface area contributed by atoms with E-state index in [0.717, 1.165) is 12.5 Å². The number of aromatic nitrogens is 2. The van der Waals surface area contributed by atoms with Crippen molar-refractivity contribution in [1.82, 2.24) is 15.1 Å². The van der Waals surface area contributed by atoms with Gasteiger partial charge >= 0.3 is 0 Å². The molecule has 1 saturated carbocycles. The fourth-order valence-corrected chi connectivity index (χ4v) is 3.08. The van der Waals surface area contributed by atoms with Crippen LogP contribution in [0, 0.1) is 0 Å². The van der Waals surface area contributed by atoms with Gasteiger partial charge in [-0.15, -0.1) is 0 Å². The van der Waals surface area contributed by atoms with E-state index in [2.05, 4.69) is 28.3 Å². The van der Waals surface area contributed by atoms with Gasteiger partial charge < -0.3 is 5.32 Å². The summed E-state index contributed by atoms with van der Waals surface area (Å²) in [5, 5.41) is 7.99. The third-order valence-corrected chi connectivity index (χ3v) is 4.24. The summed E-state index contributed by atoms with van der Waals surface area (Å²) in [4.78, 5) is 0. The molecule has 3 heteroatoms. The number of rotatable bonds is 2. The zero-order valence-electron chi connectivity index (χ0n) is 10.1. The fraction of sp³-hybridized carbons (Fsp3) is 0.769. The summed E-state index contributed by atoms with van der Waals surface area (Å²) in [6.45, 7) is 2.33. The molecule has 0 spiro atoms. The molecule has 0 bridgehead atoms. The van der Waals surface area contributed by atoms with Gasteiger partial charge in [0.2, 0.25) is 0 Å². The molecule has 0 aromatic carbocycles. The van der Waals surface area contributed by atoms with Gasteiger partial charge in [-0.25, -0.2) is 0 Å². The quantitative estimate of drug-likeness (QED) is 0.826. The molecule has 0 radical (unpaired) electrons. The van der Waals surface area contributed by atoms with Gasteiger partial charge in [0.15, 0.2) is 0 Å². The van der Waals surface area contributed by atoms with Gasteiger partial charge in [-0.3, -0.25) is 4.68 Å². The van der Waals surface area contributed by atoms with Gasteiger partial charge in [0.1, 0.15) is 0 Å². The summed E-state index contributed by atoms with van der Waals surface area (Å²) in [5.74, 6) is 1.50. The molecule has 1 aliphatic carbocycles. The number of piperidine rings is 1. The average molecular weight is 219 g/mol. The van der Waals surface area contributed by atoms with Gasteiger partial charge in [0.05, 0.1) is 6.20 Å². The SMILES string of the molecule is Cn1ncc(C2CCC2)c1C1CCCNC1. The van der Waals surface area contributed by atoms with Crippen LogP contribution < -0.4 is 5.32 Å². The van der Waals surface area contributed by atoms with Crippen molar-refractivity contribution < 1.29 is 0 Å². The second kappa shape index (κ2) is 4.21. The standard InChI is InChI=1S/C13H21N3/c1-16-13(11-6-3-7-14-8-11)12(9-15-16)10-4-2-5-10/h9-11,14H,2-8H2,1H3. The van der Waals surface area contributed by atoms with Gasteiger partial charge in [0.25, 0.3) is 0 Å². The zero-order chi connectivity index (χ0) is 11.0. The van der Waals surface area contributed by atoms with Crippen LogP contribution in [0.4, 0.5) is 0 Å². The molecule has 0 amide bonds. The molecule has 2 fully saturated rings. The number of nitrogens with zero attached hydrogens (tertiary/aromatic N) is 2. The molecule has 1 aliphatic heterocycles. The molecule has 16 heavy (non-hydrogen) atoms. The summed E-state index contributed by atoms with van der Waals surface area (Å²) >= 11 is 0. The maximum absolute atomic E-state index is 4.48. The highest BCUT2D eigenvalue weighted by Gasteiger charge is 2.28. The Balaban J connectivity index is 1.88. The summed E-state index contributed by atoms with van der Waals surface area (Å²) in [6, 6.07) is 0. The van der Waals surface area contributed by atoms with Crippen molar-refractivity contribution in [2.24, 2.45) is 7.05 Å². The molecule has 1 aromatic heterocycles. The van der Waals surface area contributed by atoms with Crippen LogP contribution in [-0.2, 0) is 7.05 Å². The van der Waals surface area contributed by atoms with Crippen molar-refractivity contribution in [3.05, 3.63) is 17.5 Å². The summed E-state index contributed by atoms with van der Waals surface area (Å²) < 4.78 is 2.12. The van der Waals surface area contributed by atoms with E-state index in [0.29, 0.717) is 5.92 Å². The Morgan fingerprint density at radius 1 is 1.25 bits per heavy atom. The Kier molecular flexibility index (Phi) is 2.72. The Hall–Kier alpha value is -0.830. The molecule has 2 heterocycles. The third kappa shape index (κ3) is 1.67. The minimum Gasteiger partial charge on any atom is -0.316 e. The summed E-state index contributed by atoms with van der Waals surface area (Å²) in [6.07, 6.45) is 8.90. The molecular formula is C13H21N3. The van der Waals surface area contributed by atoms with Crippen molar-refractivity contribution >= 4 is 0 Å². The first-order chi connectivity index (χ1) is 7.86. The second-order valence-electron chi connectivity index (χ2n) is 5.28. The van der Waals surface area contributed by atoms with E-state index in [4.69, 9.17) is 0 Å². The van der Waals surface area contributed by atoms with Crippen LogP contribution in [0.5, 0.6) is 0 Å². The monoisotopic (exact) mass is 219 g/mol. The van der Waals surface area contributed by atoms with Crippen molar-refractivity contribution in [1.29, 1.82) is 0 Å². The van der Waals surface area contributed by atoms with Gasteiger partial charge in [0, 0.05) is 25.2 Å². The lowest BCUT2D eigenvalue weighted by atomic mass is 9.78. The highest BCUT2D eigenvalue weighted by molar-refractivity contribution is 5.28. The van der Waals surface area contributed by atoms with Gasteiger partial charge in [-0.2, -0.15) is 5.10 Å². The van der Waals surface area contributed by atoms with E-state index in [9.17, 15) is 0 Å². The Bertz CT molecular complexity index is 359. The highest BCUT2D eigenvalue weighted by Crippen LogP contribution is 2.40. The van der Waals surface area contributed by atoms with E-state index in [1.165, 1.54) is 44.3 Å². The Labute approximate surface area is 97.2 Å². The molecule has 1 N–H and O–H groups in total. The van der Waals surface area contributed by atoms with E-state index in [1.807, 2.05) is 0 Å². The molecule has 88 valence electrons. The van der Waals surface area contributed by atoms with Gasteiger partial charge in [-0.05, 0) is 43.7 Å². The lowest BCUT2D eigenvalue weighted by Gasteiger charge is -2.30. The zero-order valence-corrected chi connectivity index (χ0v) is 10.1. The largest absolute Gasteiger partial charge is 0.316 e. The van der Waals surface area contributed by atoms with E-state index in [1.54, 1.807) is 5.56 Å². The molecular weight excluding hydrogens is 198 g/mol. The Morgan fingerprint density at radius 2 is 2.06 bits per heavy atom. The van der Waals surface area contributed by atoms with E-state index >= 15 is 0 Å². The third-order valence-electron chi connectivity index (χ3n) is 4.24. The minimum absolute atomic E-state index is 0.692. The lowest BCUT2D eigenvalue weighted by Crippen LogP contribution is -2.30. The first-order valence-corrected chi connectivity index (χ1v) is 6.59. The van der Waals surface area contributed by atoms with Crippen LogP contribution in [0.1, 0.15) is 55.2 Å². The first kappa shape index (κ1) is 10.3. The first-order valence-electron chi connectivity index (χ1n) is 6.59. The number of nitrogens with one attached hydrogen (secondary N) is 1. The Morgan fingerprint density at radius 3 is 2.69 bits per heavy atom. The molecule has 1 saturated heterocycles. The van der Waals surface area contributed by atoms with Crippen molar-refractivity contribution in [2.45, 2.75) is 43.9 Å². The number of hydrogen-bond donors (Lipinski definition) is 1. The lowest BCUT2D eigenvalue weighted by molar-refractivity contribution is 0.399. The normalized spacial score (nSPS) is 26.7. The van der Waals surface area contributed by atoms with Crippen molar-refractivity contribution in [2.75, 3.05) is 13.1 Å². The molecule has 1 unspecified atom stereocenters. The molecule has 3 nitrogen and oxygen atoms in total. The van der Waals surface area contributed by atoms with Gasteiger partial charge in [-0.1, -0.05) is 6.42 Å². The summed E-state index contributed by atoms with van der Waals surface area (Å²) in [7, 11) is 2.10. The van der Waals surface area contributed by atoms with Crippen LogP contribution in [0.2, 0.25) is 0 Å². The van der Waals surface area contributed by atoms with E-state index in [-0.39, 0.29) is 0 Å². The average Bonchev–Trinajstić information content (AvgIpc) is 2.59. The maximum atomic E-state index is 4.48.